The van der Waals surface area contributed by atoms with Gasteiger partial charge in [-0.25, -0.2) is 4.79 Å². The Kier molecular flexibility index (Phi) is 7.11. The Hall–Kier alpha value is -4.18. The third kappa shape index (κ3) is 5.02. The van der Waals surface area contributed by atoms with Gasteiger partial charge in [-0.05, 0) is 51.1 Å². The number of H-pyrrole nitrogens is 1. The number of rotatable bonds is 8. The van der Waals surface area contributed by atoms with Gasteiger partial charge >= 0.3 is 5.97 Å². The number of ether oxygens (including phenoxy) is 3. The summed E-state index contributed by atoms with van der Waals surface area (Å²) in [4.78, 5) is 25.0. The van der Waals surface area contributed by atoms with Crippen molar-refractivity contribution in [2.45, 2.75) is 20.8 Å². The minimum Gasteiger partial charge on any atom is -0.490 e. The molecular weight excluding hydrogens is 474 g/mol. The minimum atomic E-state index is -0.596. The smallest absolute Gasteiger partial charge is 0.361 e. The summed E-state index contributed by atoms with van der Waals surface area (Å²) in [6.45, 7) is 6.01. The molecule has 4 aromatic rings. The Morgan fingerprint density at radius 1 is 1.03 bits per heavy atom. The molecule has 1 N–H and O–H groups in total. The fraction of sp³-hybridized carbons (Fsp3) is 0.208. The van der Waals surface area contributed by atoms with Crippen LogP contribution in [0.4, 0.5) is 0 Å². The molecule has 0 amide bonds. The molecule has 2 heterocycles. The molecule has 180 valence electrons. The summed E-state index contributed by atoms with van der Waals surface area (Å²) in [6.07, 6.45) is 1.36. The van der Waals surface area contributed by atoms with Crippen molar-refractivity contribution in [3.8, 4) is 34.2 Å². The van der Waals surface area contributed by atoms with Gasteiger partial charge in [-0.3, -0.25) is 4.79 Å². The van der Waals surface area contributed by atoms with E-state index in [1.807, 2.05) is 26.0 Å². The summed E-state index contributed by atoms with van der Waals surface area (Å²) in [5, 5.41) is 14.5. The third-order valence-corrected chi connectivity index (χ3v) is 5.27. The second-order valence-electron chi connectivity index (χ2n) is 7.31. The summed E-state index contributed by atoms with van der Waals surface area (Å²) < 4.78 is 17.9. The monoisotopic (exact) mass is 495 g/mol. The number of halogens is 1. The van der Waals surface area contributed by atoms with Crippen molar-refractivity contribution in [1.29, 1.82) is 0 Å². The standard InChI is InChI=1S/C24H22ClN5O5/c1-4-33-18-12-15(21-22(28-29-27-21)24(32)34-5-2)8-11-17(18)35-19-13-26-30(23(31)20(19)25)16-9-6-14(3)7-10-16/h6-13H,4-5H2,1-3H3,(H,27,28,29). The SMILES string of the molecule is CCOC(=O)c1n[nH]nc1-c1ccc(Oc2cnn(-c3ccc(C)cc3)c(=O)c2Cl)c(OCC)c1. The van der Waals surface area contributed by atoms with E-state index in [4.69, 9.17) is 25.8 Å². The molecule has 11 heteroatoms. The van der Waals surface area contributed by atoms with Crippen molar-refractivity contribution >= 4 is 17.6 Å². The minimum absolute atomic E-state index is 0.0509. The van der Waals surface area contributed by atoms with Gasteiger partial charge in [0.1, 0.15) is 5.69 Å². The zero-order valence-electron chi connectivity index (χ0n) is 19.2. The van der Waals surface area contributed by atoms with Crippen LogP contribution in [0.2, 0.25) is 5.02 Å². The fourth-order valence-corrected chi connectivity index (χ4v) is 3.43. The first kappa shape index (κ1) is 24.0. The molecule has 0 atom stereocenters. The lowest BCUT2D eigenvalue weighted by molar-refractivity contribution is 0.0520. The zero-order chi connectivity index (χ0) is 24.9. The van der Waals surface area contributed by atoms with Gasteiger partial charge in [0.25, 0.3) is 5.56 Å². The van der Waals surface area contributed by atoms with Crippen molar-refractivity contribution in [3.05, 3.63) is 75.3 Å². The first-order valence-electron chi connectivity index (χ1n) is 10.8. The Bertz CT molecular complexity index is 1410. The number of nitrogens with zero attached hydrogens (tertiary/aromatic N) is 4. The number of aromatic amines is 1. The second kappa shape index (κ2) is 10.4. The predicted octanol–water partition coefficient (Wildman–Crippen LogP) is 4.35. The van der Waals surface area contributed by atoms with Crippen molar-refractivity contribution in [2.75, 3.05) is 13.2 Å². The number of carbonyl (C=O) groups excluding carboxylic acids is 1. The van der Waals surface area contributed by atoms with Crippen LogP contribution in [0.1, 0.15) is 29.9 Å². The number of aryl methyl sites for hydroxylation is 1. The van der Waals surface area contributed by atoms with Gasteiger partial charge in [-0.15, -0.1) is 5.10 Å². The summed E-state index contributed by atoms with van der Waals surface area (Å²) >= 11 is 6.34. The molecule has 35 heavy (non-hydrogen) atoms. The van der Waals surface area contributed by atoms with Gasteiger partial charge in [-0.2, -0.15) is 20.1 Å². The van der Waals surface area contributed by atoms with Crippen LogP contribution in [0.25, 0.3) is 16.9 Å². The number of hydrogen-bond donors (Lipinski definition) is 1. The van der Waals surface area contributed by atoms with Crippen LogP contribution in [0, 0.1) is 6.92 Å². The van der Waals surface area contributed by atoms with Crippen LogP contribution in [0.5, 0.6) is 17.2 Å². The molecule has 0 unspecified atom stereocenters. The highest BCUT2D eigenvalue weighted by Gasteiger charge is 2.21. The highest BCUT2D eigenvalue weighted by atomic mass is 35.5. The maximum atomic E-state index is 12.8. The number of benzene rings is 2. The molecule has 2 aromatic heterocycles. The topological polar surface area (TPSA) is 121 Å². The van der Waals surface area contributed by atoms with E-state index in [2.05, 4.69) is 20.5 Å². The number of carbonyl (C=O) groups is 1. The Morgan fingerprint density at radius 2 is 1.80 bits per heavy atom. The van der Waals surface area contributed by atoms with Crippen LogP contribution >= 0.6 is 11.6 Å². The van der Waals surface area contributed by atoms with Crippen molar-refractivity contribution in [1.82, 2.24) is 25.2 Å². The normalized spacial score (nSPS) is 10.7. The largest absolute Gasteiger partial charge is 0.490 e. The molecule has 0 aliphatic heterocycles. The molecule has 2 aromatic carbocycles. The molecule has 0 fully saturated rings. The van der Waals surface area contributed by atoms with Crippen molar-refractivity contribution in [2.24, 2.45) is 0 Å². The Balaban J connectivity index is 1.67. The average molecular weight is 496 g/mol. The zero-order valence-corrected chi connectivity index (χ0v) is 20.0. The van der Waals surface area contributed by atoms with E-state index in [1.54, 1.807) is 37.3 Å². The van der Waals surface area contributed by atoms with E-state index in [0.29, 0.717) is 35.1 Å². The first-order chi connectivity index (χ1) is 16.9. The quantitative estimate of drug-likeness (QED) is 0.358. The van der Waals surface area contributed by atoms with Gasteiger partial charge in [0.05, 0.1) is 25.1 Å². The van der Waals surface area contributed by atoms with Crippen molar-refractivity contribution < 1.29 is 19.0 Å². The van der Waals surface area contributed by atoms with Gasteiger partial charge in [-0.1, -0.05) is 29.3 Å². The first-order valence-corrected chi connectivity index (χ1v) is 11.2. The summed E-state index contributed by atoms with van der Waals surface area (Å²) in [7, 11) is 0. The van der Waals surface area contributed by atoms with Crippen LogP contribution in [0.3, 0.4) is 0 Å². The highest BCUT2D eigenvalue weighted by molar-refractivity contribution is 6.31. The van der Waals surface area contributed by atoms with Crippen LogP contribution in [-0.2, 0) is 4.74 Å². The fourth-order valence-electron chi connectivity index (χ4n) is 3.26. The van der Waals surface area contributed by atoms with Gasteiger partial charge < -0.3 is 14.2 Å². The van der Waals surface area contributed by atoms with E-state index in [0.717, 1.165) is 5.56 Å². The number of nitrogens with one attached hydrogen (secondary N) is 1. The molecular formula is C24H22ClN5O5. The maximum Gasteiger partial charge on any atom is 0.361 e. The summed E-state index contributed by atoms with van der Waals surface area (Å²) in [5.74, 6) is 0.124. The number of hydrogen-bond acceptors (Lipinski definition) is 8. The molecule has 0 saturated carbocycles. The average Bonchev–Trinajstić information content (AvgIpc) is 3.34. The van der Waals surface area contributed by atoms with E-state index >= 15 is 0 Å². The molecule has 0 radical (unpaired) electrons. The van der Waals surface area contributed by atoms with Crippen LogP contribution in [-0.4, -0.2) is 44.4 Å². The van der Waals surface area contributed by atoms with Gasteiger partial charge in [0.2, 0.25) is 0 Å². The molecule has 0 spiro atoms. The predicted molar refractivity (Wildman–Crippen MR) is 129 cm³/mol. The van der Waals surface area contributed by atoms with E-state index in [-0.39, 0.29) is 23.1 Å². The lowest BCUT2D eigenvalue weighted by Gasteiger charge is -2.14. The lowest BCUT2D eigenvalue weighted by atomic mass is 10.1. The Morgan fingerprint density at radius 3 is 2.51 bits per heavy atom. The Labute approximate surface area is 205 Å². The number of aromatic nitrogens is 5. The molecule has 0 saturated heterocycles. The third-order valence-electron chi connectivity index (χ3n) is 4.92. The summed E-state index contributed by atoms with van der Waals surface area (Å²) in [6, 6.07) is 12.2. The van der Waals surface area contributed by atoms with E-state index < -0.39 is 11.5 Å². The number of esters is 1. The molecule has 0 bridgehead atoms. The van der Waals surface area contributed by atoms with E-state index in [9.17, 15) is 9.59 Å². The van der Waals surface area contributed by atoms with Gasteiger partial charge in [0, 0.05) is 5.56 Å². The lowest BCUT2D eigenvalue weighted by Crippen LogP contribution is -2.21. The van der Waals surface area contributed by atoms with E-state index in [1.165, 1.54) is 10.9 Å². The second-order valence-corrected chi connectivity index (χ2v) is 7.69. The highest BCUT2D eigenvalue weighted by Crippen LogP contribution is 2.37. The molecule has 0 aliphatic carbocycles. The maximum absolute atomic E-state index is 12.8. The molecule has 0 aliphatic rings. The molecule has 10 nitrogen and oxygen atoms in total. The molecule has 4 rings (SSSR count). The summed E-state index contributed by atoms with van der Waals surface area (Å²) in [5.41, 5.74) is 2.02. The van der Waals surface area contributed by atoms with Gasteiger partial charge in [0.15, 0.2) is 28.0 Å². The van der Waals surface area contributed by atoms with Crippen molar-refractivity contribution in [3.63, 3.8) is 0 Å². The van der Waals surface area contributed by atoms with Crippen LogP contribution < -0.4 is 15.0 Å². The van der Waals surface area contributed by atoms with Crippen LogP contribution in [0.15, 0.2) is 53.5 Å².